The molecule has 1 aromatic heterocycles. The highest BCUT2D eigenvalue weighted by atomic mass is 16.5. The number of ether oxygens (including phenoxy) is 1. The second-order valence-electron chi connectivity index (χ2n) is 4.98. The lowest BCUT2D eigenvalue weighted by molar-refractivity contribution is 0.0538. The van der Waals surface area contributed by atoms with Crippen LogP contribution in [0.2, 0.25) is 0 Å². The topological polar surface area (TPSA) is 84.6 Å². The fourth-order valence-electron chi connectivity index (χ4n) is 2.44. The van der Waals surface area contributed by atoms with Crippen molar-refractivity contribution in [1.29, 1.82) is 0 Å². The van der Waals surface area contributed by atoms with Crippen LogP contribution in [0.25, 0.3) is 11.0 Å². The van der Waals surface area contributed by atoms with Crippen LogP contribution in [0, 0.1) is 0 Å². The normalized spacial score (nSPS) is 12.7. The van der Waals surface area contributed by atoms with Crippen molar-refractivity contribution < 1.29 is 19.7 Å². The third-order valence-corrected chi connectivity index (χ3v) is 3.31. The van der Waals surface area contributed by atoms with Crippen molar-refractivity contribution in [3.63, 3.8) is 0 Å². The van der Waals surface area contributed by atoms with Crippen LogP contribution in [-0.4, -0.2) is 45.6 Å². The monoisotopic (exact) mass is 292 g/mol. The molecule has 1 heterocycles. The molecule has 0 aliphatic carbocycles. The number of rotatable bonds is 7. The van der Waals surface area contributed by atoms with Gasteiger partial charge in [-0.05, 0) is 18.6 Å². The van der Waals surface area contributed by atoms with E-state index in [-0.39, 0.29) is 12.2 Å². The van der Waals surface area contributed by atoms with Crippen molar-refractivity contribution in [2.75, 3.05) is 13.7 Å². The SMILES string of the molecule is CCCc1nc2c(C(=O)O)cccc2n1CC(O)COC. The molecule has 0 saturated heterocycles. The number of carboxylic acid groups (broad SMARTS) is 1. The van der Waals surface area contributed by atoms with E-state index in [4.69, 9.17) is 4.74 Å². The number of hydrogen-bond donors (Lipinski definition) is 2. The number of aromatic nitrogens is 2. The Labute approximate surface area is 123 Å². The largest absolute Gasteiger partial charge is 0.478 e. The van der Waals surface area contributed by atoms with Crippen LogP contribution in [0.4, 0.5) is 0 Å². The Bertz CT molecular complexity index is 636. The predicted octanol–water partition coefficient (Wildman–Crippen LogP) is 1.69. The van der Waals surface area contributed by atoms with Gasteiger partial charge in [-0.15, -0.1) is 0 Å². The first kappa shape index (κ1) is 15.5. The summed E-state index contributed by atoms with van der Waals surface area (Å²) in [6, 6.07) is 5.07. The van der Waals surface area contributed by atoms with Crippen LogP contribution in [0.3, 0.4) is 0 Å². The summed E-state index contributed by atoms with van der Waals surface area (Å²) < 4.78 is 6.83. The molecule has 2 N–H and O–H groups in total. The molecule has 0 amide bonds. The number of carbonyl (C=O) groups is 1. The molecule has 2 aromatic rings. The lowest BCUT2D eigenvalue weighted by atomic mass is 10.2. The number of benzene rings is 1. The van der Waals surface area contributed by atoms with E-state index in [9.17, 15) is 15.0 Å². The van der Waals surface area contributed by atoms with Gasteiger partial charge in [0.05, 0.1) is 30.3 Å². The molecule has 1 unspecified atom stereocenters. The Morgan fingerprint density at radius 1 is 1.48 bits per heavy atom. The van der Waals surface area contributed by atoms with Crippen LogP contribution in [0.15, 0.2) is 18.2 Å². The second kappa shape index (κ2) is 6.69. The number of hydrogen-bond acceptors (Lipinski definition) is 4. The van der Waals surface area contributed by atoms with Crippen LogP contribution in [-0.2, 0) is 17.7 Å². The summed E-state index contributed by atoms with van der Waals surface area (Å²) in [5, 5.41) is 19.2. The molecule has 1 atom stereocenters. The Morgan fingerprint density at radius 2 is 2.24 bits per heavy atom. The first-order chi connectivity index (χ1) is 10.1. The van der Waals surface area contributed by atoms with Gasteiger partial charge >= 0.3 is 5.97 Å². The molecular formula is C15H20N2O4. The Kier molecular flexibility index (Phi) is 4.93. The fourth-order valence-corrected chi connectivity index (χ4v) is 2.44. The maximum Gasteiger partial charge on any atom is 0.337 e. The first-order valence-corrected chi connectivity index (χ1v) is 6.96. The Balaban J connectivity index is 2.52. The van der Waals surface area contributed by atoms with Crippen molar-refractivity contribution in [2.45, 2.75) is 32.4 Å². The zero-order valence-corrected chi connectivity index (χ0v) is 12.2. The number of aliphatic hydroxyl groups is 1. The van der Waals surface area contributed by atoms with E-state index in [0.717, 1.165) is 24.2 Å². The van der Waals surface area contributed by atoms with Gasteiger partial charge in [0.1, 0.15) is 11.3 Å². The molecule has 0 fully saturated rings. The highest BCUT2D eigenvalue weighted by Crippen LogP contribution is 2.21. The Morgan fingerprint density at radius 3 is 2.86 bits per heavy atom. The molecular weight excluding hydrogens is 272 g/mol. The molecule has 6 heteroatoms. The number of nitrogens with zero attached hydrogens (tertiary/aromatic N) is 2. The average molecular weight is 292 g/mol. The van der Waals surface area contributed by atoms with Gasteiger partial charge in [-0.3, -0.25) is 0 Å². The lowest BCUT2D eigenvalue weighted by Crippen LogP contribution is -2.22. The minimum absolute atomic E-state index is 0.185. The number of aryl methyl sites for hydroxylation is 1. The maximum absolute atomic E-state index is 11.3. The third-order valence-electron chi connectivity index (χ3n) is 3.31. The predicted molar refractivity (Wildman–Crippen MR) is 78.6 cm³/mol. The number of imidazole rings is 1. The van der Waals surface area contributed by atoms with Crippen molar-refractivity contribution in [3.05, 3.63) is 29.6 Å². The van der Waals surface area contributed by atoms with Crippen LogP contribution in [0.1, 0.15) is 29.5 Å². The van der Waals surface area contributed by atoms with Gasteiger partial charge in [-0.25, -0.2) is 9.78 Å². The molecule has 114 valence electrons. The first-order valence-electron chi connectivity index (χ1n) is 6.96. The number of methoxy groups -OCH3 is 1. The summed E-state index contributed by atoms with van der Waals surface area (Å²) in [5.74, 6) is -0.206. The molecule has 0 bridgehead atoms. The standard InChI is InChI=1S/C15H20N2O4/c1-3-5-13-16-14-11(15(19)20)6-4-7-12(14)17(13)8-10(18)9-21-2/h4,6-7,10,18H,3,5,8-9H2,1-2H3,(H,19,20). The number of carboxylic acids is 1. The molecule has 6 nitrogen and oxygen atoms in total. The van der Waals surface area contributed by atoms with Crippen LogP contribution in [0.5, 0.6) is 0 Å². The summed E-state index contributed by atoms with van der Waals surface area (Å²) in [6.45, 7) is 2.60. The minimum atomic E-state index is -0.995. The van der Waals surface area contributed by atoms with Crippen LogP contribution >= 0.6 is 0 Å². The van der Waals surface area contributed by atoms with E-state index in [2.05, 4.69) is 4.98 Å². The summed E-state index contributed by atoms with van der Waals surface area (Å²) in [6.07, 6.45) is 0.969. The number of para-hydroxylation sites is 1. The van der Waals surface area contributed by atoms with Gasteiger partial charge in [-0.1, -0.05) is 13.0 Å². The van der Waals surface area contributed by atoms with E-state index in [0.29, 0.717) is 12.1 Å². The molecule has 0 spiro atoms. The smallest absolute Gasteiger partial charge is 0.337 e. The molecule has 0 aliphatic heterocycles. The zero-order chi connectivity index (χ0) is 15.4. The van der Waals surface area contributed by atoms with Gasteiger partial charge in [0.15, 0.2) is 0 Å². The summed E-state index contributed by atoms with van der Waals surface area (Å²) >= 11 is 0. The number of fused-ring (bicyclic) bond motifs is 1. The van der Waals surface area contributed by atoms with E-state index in [1.807, 2.05) is 17.6 Å². The van der Waals surface area contributed by atoms with Gasteiger partial charge in [0.25, 0.3) is 0 Å². The highest BCUT2D eigenvalue weighted by Gasteiger charge is 2.18. The molecule has 0 radical (unpaired) electrons. The van der Waals surface area contributed by atoms with Gasteiger partial charge < -0.3 is 19.5 Å². The quantitative estimate of drug-likeness (QED) is 0.811. The van der Waals surface area contributed by atoms with Crippen molar-refractivity contribution in [3.8, 4) is 0 Å². The van der Waals surface area contributed by atoms with E-state index < -0.39 is 12.1 Å². The van der Waals surface area contributed by atoms with E-state index in [1.165, 1.54) is 7.11 Å². The molecule has 2 rings (SSSR count). The second-order valence-corrected chi connectivity index (χ2v) is 4.98. The highest BCUT2D eigenvalue weighted by molar-refractivity contribution is 6.01. The van der Waals surface area contributed by atoms with Crippen LogP contribution < -0.4 is 0 Å². The molecule has 0 saturated carbocycles. The molecule has 1 aromatic carbocycles. The average Bonchev–Trinajstić information content (AvgIpc) is 2.77. The van der Waals surface area contributed by atoms with E-state index >= 15 is 0 Å². The van der Waals surface area contributed by atoms with E-state index in [1.54, 1.807) is 12.1 Å². The zero-order valence-electron chi connectivity index (χ0n) is 12.2. The maximum atomic E-state index is 11.3. The van der Waals surface area contributed by atoms with Crippen molar-refractivity contribution >= 4 is 17.0 Å². The molecule has 21 heavy (non-hydrogen) atoms. The van der Waals surface area contributed by atoms with Gasteiger partial charge in [0, 0.05) is 13.5 Å². The third kappa shape index (κ3) is 3.22. The Hall–Kier alpha value is -1.92. The number of aliphatic hydroxyl groups excluding tert-OH is 1. The lowest BCUT2D eigenvalue weighted by Gasteiger charge is -2.13. The summed E-state index contributed by atoms with van der Waals surface area (Å²) in [5.41, 5.74) is 1.39. The number of aromatic carboxylic acids is 1. The van der Waals surface area contributed by atoms with Gasteiger partial charge in [-0.2, -0.15) is 0 Å². The van der Waals surface area contributed by atoms with Crippen molar-refractivity contribution in [1.82, 2.24) is 9.55 Å². The molecule has 0 aliphatic rings. The van der Waals surface area contributed by atoms with Gasteiger partial charge in [0.2, 0.25) is 0 Å². The summed E-state index contributed by atoms with van der Waals surface area (Å²) in [4.78, 5) is 15.8. The van der Waals surface area contributed by atoms with Crippen molar-refractivity contribution in [2.24, 2.45) is 0 Å². The summed E-state index contributed by atoms with van der Waals surface area (Å²) in [7, 11) is 1.53. The minimum Gasteiger partial charge on any atom is -0.478 e. The fraction of sp³-hybridized carbons (Fsp3) is 0.467.